The zero-order valence-corrected chi connectivity index (χ0v) is 14.1. The number of hydrogen-bond donors (Lipinski definition) is 2. The largest absolute Gasteiger partial charge is 0.490 e. The van der Waals surface area contributed by atoms with Gasteiger partial charge in [0, 0.05) is 12.8 Å². The fourth-order valence-corrected chi connectivity index (χ4v) is 2.65. The van der Waals surface area contributed by atoms with E-state index in [9.17, 15) is 4.79 Å². The van der Waals surface area contributed by atoms with Crippen molar-refractivity contribution in [3.8, 4) is 5.75 Å². The molecule has 3 N–H and O–H groups in total. The summed E-state index contributed by atoms with van der Waals surface area (Å²) in [6, 6.07) is 5.15. The van der Waals surface area contributed by atoms with Crippen LogP contribution in [0.4, 0.5) is 5.69 Å². The minimum absolute atomic E-state index is 0. The van der Waals surface area contributed by atoms with Crippen LogP contribution in [0.2, 0.25) is 5.02 Å². The summed E-state index contributed by atoms with van der Waals surface area (Å²) >= 11 is 6.14. The molecule has 1 fully saturated rings. The van der Waals surface area contributed by atoms with Gasteiger partial charge in [0.1, 0.15) is 12.4 Å². The number of ether oxygens (including phenoxy) is 2. The molecule has 1 aliphatic rings. The van der Waals surface area contributed by atoms with Crippen LogP contribution in [0.3, 0.4) is 0 Å². The first-order valence-electron chi connectivity index (χ1n) is 7.07. The molecule has 0 unspecified atom stereocenters. The van der Waals surface area contributed by atoms with Gasteiger partial charge in [-0.2, -0.15) is 0 Å². The van der Waals surface area contributed by atoms with Gasteiger partial charge < -0.3 is 20.5 Å². The Labute approximate surface area is 141 Å². The number of carbonyl (C=O) groups excluding carboxylic acids is 1. The number of hydrogen-bond acceptors (Lipinski definition) is 4. The van der Waals surface area contributed by atoms with Crippen molar-refractivity contribution >= 4 is 35.6 Å². The lowest BCUT2D eigenvalue weighted by molar-refractivity contribution is -0.121. The summed E-state index contributed by atoms with van der Waals surface area (Å²) in [6.07, 6.45) is 3.45. The second-order valence-electron chi connectivity index (χ2n) is 5.30. The average Bonchev–Trinajstić information content (AvgIpc) is 2.90. The Morgan fingerprint density at radius 1 is 1.36 bits per heavy atom. The number of nitrogens with one attached hydrogen (secondary N) is 1. The molecular formula is C15H22Cl2N2O3. The van der Waals surface area contributed by atoms with E-state index < -0.39 is 5.54 Å². The van der Waals surface area contributed by atoms with E-state index >= 15 is 0 Å². The summed E-state index contributed by atoms with van der Waals surface area (Å²) in [5.41, 5.74) is 5.99. The average molecular weight is 349 g/mol. The van der Waals surface area contributed by atoms with Gasteiger partial charge in [-0.05, 0) is 31.0 Å². The van der Waals surface area contributed by atoms with E-state index in [4.69, 9.17) is 26.8 Å². The lowest BCUT2D eigenvalue weighted by Crippen LogP contribution is -2.48. The van der Waals surface area contributed by atoms with Crippen molar-refractivity contribution in [2.24, 2.45) is 5.73 Å². The minimum Gasteiger partial charge on any atom is -0.490 e. The van der Waals surface area contributed by atoms with Gasteiger partial charge in [0.15, 0.2) is 0 Å². The minimum atomic E-state index is -0.750. The molecule has 1 aromatic rings. The molecule has 0 bridgehead atoms. The molecule has 1 saturated carbocycles. The van der Waals surface area contributed by atoms with E-state index in [1.165, 1.54) is 0 Å². The molecule has 5 nitrogen and oxygen atoms in total. The van der Waals surface area contributed by atoms with E-state index in [0.717, 1.165) is 25.7 Å². The molecule has 124 valence electrons. The Kier molecular flexibility index (Phi) is 7.42. The highest BCUT2D eigenvalue weighted by molar-refractivity contribution is 6.32. The predicted molar refractivity (Wildman–Crippen MR) is 90.1 cm³/mol. The highest BCUT2D eigenvalue weighted by atomic mass is 35.5. The van der Waals surface area contributed by atoms with Crippen molar-refractivity contribution in [2.45, 2.75) is 31.2 Å². The van der Waals surface area contributed by atoms with Crippen molar-refractivity contribution in [1.82, 2.24) is 0 Å². The first-order valence-corrected chi connectivity index (χ1v) is 7.44. The molecule has 2 rings (SSSR count). The SMILES string of the molecule is COCCOc1ccc(NC(=O)C2(N)CCCC2)cc1Cl.Cl. The molecule has 22 heavy (non-hydrogen) atoms. The van der Waals surface area contributed by atoms with E-state index in [2.05, 4.69) is 5.32 Å². The van der Waals surface area contributed by atoms with Gasteiger partial charge in [0.2, 0.25) is 5.91 Å². The Balaban J connectivity index is 0.00000242. The zero-order valence-electron chi connectivity index (χ0n) is 12.6. The summed E-state index contributed by atoms with van der Waals surface area (Å²) < 4.78 is 10.4. The highest BCUT2D eigenvalue weighted by Gasteiger charge is 2.36. The monoisotopic (exact) mass is 348 g/mol. The van der Waals surface area contributed by atoms with Crippen LogP contribution in [0.25, 0.3) is 0 Å². The van der Waals surface area contributed by atoms with Gasteiger partial charge in [-0.25, -0.2) is 0 Å². The first-order chi connectivity index (χ1) is 10.0. The fourth-order valence-electron chi connectivity index (χ4n) is 2.42. The summed E-state index contributed by atoms with van der Waals surface area (Å²) in [5.74, 6) is 0.416. The first kappa shape index (κ1) is 19.0. The van der Waals surface area contributed by atoms with Crippen LogP contribution in [-0.4, -0.2) is 31.8 Å². The van der Waals surface area contributed by atoms with Gasteiger partial charge in [0.25, 0.3) is 0 Å². The normalized spacial score (nSPS) is 16.0. The quantitative estimate of drug-likeness (QED) is 0.775. The van der Waals surface area contributed by atoms with E-state index in [0.29, 0.717) is 29.7 Å². The Bertz CT molecular complexity index is 506. The maximum Gasteiger partial charge on any atom is 0.244 e. The van der Waals surface area contributed by atoms with Gasteiger partial charge in [-0.15, -0.1) is 12.4 Å². The van der Waals surface area contributed by atoms with Gasteiger partial charge >= 0.3 is 0 Å². The maximum absolute atomic E-state index is 12.2. The molecular weight excluding hydrogens is 327 g/mol. The lowest BCUT2D eigenvalue weighted by atomic mass is 9.98. The molecule has 7 heteroatoms. The number of carbonyl (C=O) groups is 1. The molecule has 0 aliphatic heterocycles. The third-order valence-corrected chi connectivity index (χ3v) is 3.98. The van der Waals surface area contributed by atoms with Crippen LogP contribution in [0.15, 0.2) is 18.2 Å². The van der Waals surface area contributed by atoms with Gasteiger partial charge in [-0.1, -0.05) is 24.4 Å². The Morgan fingerprint density at radius 2 is 2.05 bits per heavy atom. The molecule has 0 heterocycles. The number of rotatable bonds is 6. The van der Waals surface area contributed by atoms with Crippen LogP contribution in [0, 0.1) is 0 Å². The summed E-state index contributed by atoms with van der Waals surface area (Å²) in [6.45, 7) is 0.915. The van der Waals surface area contributed by atoms with Crippen LogP contribution >= 0.6 is 24.0 Å². The third kappa shape index (κ3) is 4.74. The second-order valence-corrected chi connectivity index (χ2v) is 5.71. The Hall–Kier alpha value is -1.01. The third-order valence-electron chi connectivity index (χ3n) is 3.68. The van der Waals surface area contributed by atoms with Crippen LogP contribution < -0.4 is 15.8 Å². The fraction of sp³-hybridized carbons (Fsp3) is 0.533. The maximum atomic E-state index is 12.2. The van der Waals surface area contributed by atoms with E-state index in [1.54, 1.807) is 25.3 Å². The number of amides is 1. The molecule has 0 atom stereocenters. The smallest absolute Gasteiger partial charge is 0.244 e. The van der Waals surface area contributed by atoms with Crippen molar-refractivity contribution in [3.05, 3.63) is 23.2 Å². The van der Waals surface area contributed by atoms with Crippen LogP contribution in [0.1, 0.15) is 25.7 Å². The van der Waals surface area contributed by atoms with E-state index in [1.807, 2.05) is 0 Å². The van der Waals surface area contributed by atoms with E-state index in [-0.39, 0.29) is 18.3 Å². The number of methoxy groups -OCH3 is 1. The molecule has 0 radical (unpaired) electrons. The highest BCUT2D eigenvalue weighted by Crippen LogP contribution is 2.31. The summed E-state index contributed by atoms with van der Waals surface area (Å²) in [5, 5.41) is 3.28. The van der Waals surface area contributed by atoms with Crippen molar-refractivity contribution in [2.75, 3.05) is 25.6 Å². The van der Waals surface area contributed by atoms with Crippen LogP contribution in [-0.2, 0) is 9.53 Å². The van der Waals surface area contributed by atoms with Crippen molar-refractivity contribution in [1.29, 1.82) is 0 Å². The summed E-state index contributed by atoms with van der Waals surface area (Å²) in [4.78, 5) is 12.2. The molecule has 0 spiro atoms. The molecule has 0 saturated heterocycles. The number of halogens is 2. The molecule has 1 aliphatic carbocycles. The Morgan fingerprint density at radius 3 is 2.64 bits per heavy atom. The lowest BCUT2D eigenvalue weighted by Gasteiger charge is -2.22. The van der Waals surface area contributed by atoms with Crippen molar-refractivity contribution < 1.29 is 14.3 Å². The molecule has 1 aromatic carbocycles. The topological polar surface area (TPSA) is 73.6 Å². The van der Waals surface area contributed by atoms with Gasteiger partial charge in [0.05, 0.1) is 17.2 Å². The number of nitrogens with two attached hydrogens (primary N) is 1. The second kappa shape index (κ2) is 8.58. The van der Waals surface area contributed by atoms with Crippen molar-refractivity contribution in [3.63, 3.8) is 0 Å². The standard InChI is InChI=1S/C15H21ClN2O3.ClH/c1-20-8-9-21-13-5-4-11(10-12(13)16)18-14(19)15(17)6-2-3-7-15;/h4-5,10H,2-3,6-9,17H2,1H3,(H,18,19);1H. The predicted octanol–water partition coefficient (Wildman–Crippen LogP) is 3.00. The number of anilines is 1. The van der Waals surface area contributed by atoms with Gasteiger partial charge in [-0.3, -0.25) is 4.79 Å². The van der Waals surface area contributed by atoms with Crippen LogP contribution in [0.5, 0.6) is 5.75 Å². The molecule has 0 aromatic heterocycles. The number of benzene rings is 1. The molecule has 1 amide bonds. The summed E-state index contributed by atoms with van der Waals surface area (Å²) in [7, 11) is 1.61. The zero-order chi connectivity index (χ0) is 15.3.